The third kappa shape index (κ3) is 3.13. The maximum atomic E-state index is 12.2. The van der Waals surface area contributed by atoms with Gasteiger partial charge in [-0.1, -0.05) is 22.3 Å². The summed E-state index contributed by atoms with van der Waals surface area (Å²) in [5.74, 6) is 0.0380. The smallest absolute Gasteiger partial charge is 0.322 e. The lowest BCUT2D eigenvalue weighted by Gasteiger charge is -2.03. The fourth-order valence-electron chi connectivity index (χ4n) is 2.43. The van der Waals surface area contributed by atoms with Gasteiger partial charge in [-0.05, 0) is 39.0 Å². The molecule has 0 saturated carbocycles. The number of nitrogens with one attached hydrogen (secondary N) is 1. The lowest BCUT2D eigenvalue weighted by molar-refractivity contribution is 0.101. The Morgan fingerprint density at radius 2 is 1.96 bits per heavy atom. The summed E-state index contributed by atoms with van der Waals surface area (Å²) >= 11 is 0. The number of amides is 1. The molecule has 1 aromatic carbocycles. The van der Waals surface area contributed by atoms with Crippen molar-refractivity contribution in [3.63, 3.8) is 0 Å². The number of rotatable bonds is 4. The third-order valence-electron chi connectivity index (χ3n) is 3.36. The molecule has 0 aliphatic heterocycles. The van der Waals surface area contributed by atoms with Crippen molar-refractivity contribution in [1.82, 2.24) is 20.0 Å². The Hall–Kier alpha value is -2.96. The molecule has 0 aliphatic rings. The highest BCUT2D eigenvalue weighted by Crippen LogP contribution is 2.22. The lowest BCUT2D eigenvalue weighted by Crippen LogP contribution is -2.17. The minimum absolute atomic E-state index is 0.0630. The number of benzene rings is 1. The van der Waals surface area contributed by atoms with Crippen LogP contribution in [0.4, 0.5) is 6.01 Å². The molecule has 1 amide bonds. The van der Waals surface area contributed by atoms with Crippen LogP contribution in [-0.4, -0.2) is 25.9 Å². The Morgan fingerprint density at radius 1 is 1.22 bits per heavy atom. The summed E-state index contributed by atoms with van der Waals surface area (Å²) in [6.45, 7) is 6.52. The van der Waals surface area contributed by atoms with E-state index in [9.17, 15) is 4.79 Å². The van der Waals surface area contributed by atoms with Crippen molar-refractivity contribution >= 4 is 11.9 Å². The third-order valence-corrected chi connectivity index (χ3v) is 3.36. The maximum Gasteiger partial charge on any atom is 0.322 e. The summed E-state index contributed by atoms with van der Waals surface area (Å²) in [6, 6.07) is 7.68. The van der Waals surface area contributed by atoms with Crippen LogP contribution in [0.2, 0.25) is 0 Å². The zero-order valence-corrected chi connectivity index (χ0v) is 13.2. The molecule has 2 aromatic heterocycles. The number of hydrogen-bond acceptors (Lipinski definition) is 5. The standard InChI is InChI=1S/C16H17N5O2/c1-4-21-13(5-6-17-21)14(22)18-16-20-19-15(23-16)12-8-10(2)7-11(3)9-12/h5-9H,4H2,1-3H3,(H,18,20,22). The van der Waals surface area contributed by atoms with Gasteiger partial charge in [0.1, 0.15) is 5.69 Å². The fourth-order valence-corrected chi connectivity index (χ4v) is 2.43. The van der Waals surface area contributed by atoms with E-state index in [2.05, 4.69) is 26.7 Å². The summed E-state index contributed by atoms with van der Waals surface area (Å²) in [4.78, 5) is 12.2. The Balaban J connectivity index is 1.81. The van der Waals surface area contributed by atoms with Crippen molar-refractivity contribution in [3.8, 4) is 11.5 Å². The molecule has 1 N–H and O–H groups in total. The number of anilines is 1. The molecule has 0 spiro atoms. The molecule has 7 nitrogen and oxygen atoms in total. The summed E-state index contributed by atoms with van der Waals surface area (Å²) in [7, 11) is 0. The van der Waals surface area contributed by atoms with Crippen molar-refractivity contribution in [2.75, 3.05) is 5.32 Å². The summed E-state index contributed by atoms with van der Waals surface area (Å²) in [6.07, 6.45) is 1.58. The molecule has 3 rings (SSSR count). The molecule has 0 fully saturated rings. The van der Waals surface area contributed by atoms with E-state index in [0.29, 0.717) is 18.1 Å². The van der Waals surface area contributed by atoms with E-state index in [4.69, 9.17) is 4.42 Å². The van der Waals surface area contributed by atoms with E-state index < -0.39 is 0 Å². The molecular formula is C16H17N5O2. The summed E-state index contributed by atoms with van der Waals surface area (Å²) in [5.41, 5.74) is 3.49. The Kier molecular flexibility index (Phi) is 3.92. The highest BCUT2D eigenvalue weighted by Gasteiger charge is 2.16. The minimum atomic E-state index is -0.333. The van der Waals surface area contributed by atoms with Crippen molar-refractivity contribution in [1.29, 1.82) is 0 Å². The van der Waals surface area contributed by atoms with Gasteiger partial charge in [-0.2, -0.15) is 5.10 Å². The second-order valence-electron chi connectivity index (χ2n) is 5.28. The van der Waals surface area contributed by atoms with Gasteiger partial charge in [0.05, 0.1) is 0 Å². The Labute approximate surface area is 133 Å². The Morgan fingerprint density at radius 3 is 2.65 bits per heavy atom. The first-order chi connectivity index (χ1) is 11.1. The number of carbonyl (C=O) groups excluding carboxylic acids is 1. The molecule has 118 valence electrons. The second-order valence-corrected chi connectivity index (χ2v) is 5.28. The topological polar surface area (TPSA) is 85.8 Å². The van der Waals surface area contributed by atoms with Crippen LogP contribution in [0.15, 0.2) is 34.9 Å². The number of hydrogen-bond donors (Lipinski definition) is 1. The molecule has 0 unspecified atom stereocenters. The summed E-state index contributed by atoms with van der Waals surface area (Å²) in [5, 5.41) is 14.5. The van der Waals surface area contributed by atoms with Gasteiger partial charge in [0.2, 0.25) is 5.89 Å². The molecular weight excluding hydrogens is 294 g/mol. The van der Waals surface area contributed by atoms with E-state index in [-0.39, 0.29) is 11.9 Å². The van der Waals surface area contributed by atoms with Crippen molar-refractivity contribution in [2.24, 2.45) is 0 Å². The van der Waals surface area contributed by atoms with Gasteiger partial charge in [0.15, 0.2) is 0 Å². The van der Waals surface area contributed by atoms with Crippen molar-refractivity contribution in [3.05, 3.63) is 47.3 Å². The highest BCUT2D eigenvalue weighted by molar-refractivity contribution is 6.01. The molecule has 3 aromatic rings. The number of aromatic nitrogens is 4. The predicted molar refractivity (Wildman–Crippen MR) is 85.1 cm³/mol. The van der Waals surface area contributed by atoms with Gasteiger partial charge >= 0.3 is 6.01 Å². The zero-order chi connectivity index (χ0) is 16.4. The normalized spacial score (nSPS) is 10.7. The monoisotopic (exact) mass is 311 g/mol. The van der Waals surface area contributed by atoms with Crippen LogP contribution in [0.3, 0.4) is 0 Å². The SMILES string of the molecule is CCn1nccc1C(=O)Nc1nnc(-c2cc(C)cc(C)c2)o1. The molecule has 0 atom stereocenters. The van der Waals surface area contributed by atoms with Crippen LogP contribution in [0.5, 0.6) is 0 Å². The number of carbonyl (C=O) groups is 1. The number of nitrogens with zero attached hydrogens (tertiary/aromatic N) is 4. The molecule has 0 radical (unpaired) electrons. The molecule has 23 heavy (non-hydrogen) atoms. The number of aryl methyl sites for hydroxylation is 3. The average Bonchev–Trinajstić information content (AvgIpc) is 3.14. The van der Waals surface area contributed by atoms with Crippen LogP contribution in [0, 0.1) is 13.8 Å². The van der Waals surface area contributed by atoms with Crippen molar-refractivity contribution in [2.45, 2.75) is 27.3 Å². The van der Waals surface area contributed by atoms with Gasteiger partial charge in [-0.25, -0.2) is 0 Å². The predicted octanol–water partition coefficient (Wildman–Crippen LogP) is 2.82. The van der Waals surface area contributed by atoms with E-state index >= 15 is 0 Å². The molecule has 0 aliphatic carbocycles. The van der Waals surface area contributed by atoms with Crippen LogP contribution < -0.4 is 5.32 Å². The van der Waals surface area contributed by atoms with Gasteiger partial charge in [0, 0.05) is 18.3 Å². The van der Waals surface area contributed by atoms with Crippen LogP contribution in [-0.2, 0) is 6.54 Å². The minimum Gasteiger partial charge on any atom is -0.403 e. The average molecular weight is 311 g/mol. The molecule has 0 saturated heterocycles. The van der Waals surface area contributed by atoms with E-state index in [1.54, 1.807) is 16.9 Å². The first-order valence-corrected chi connectivity index (χ1v) is 7.32. The molecule has 7 heteroatoms. The first-order valence-electron chi connectivity index (χ1n) is 7.32. The van der Waals surface area contributed by atoms with Gasteiger partial charge < -0.3 is 4.42 Å². The zero-order valence-electron chi connectivity index (χ0n) is 13.2. The van der Waals surface area contributed by atoms with Crippen molar-refractivity contribution < 1.29 is 9.21 Å². The Bertz CT molecular complexity index is 830. The molecule has 0 bridgehead atoms. The van der Waals surface area contributed by atoms with Gasteiger partial charge in [-0.15, -0.1) is 5.10 Å². The first kappa shape index (κ1) is 15.0. The van der Waals surface area contributed by atoms with E-state index in [1.807, 2.05) is 32.9 Å². The highest BCUT2D eigenvalue weighted by atomic mass is 16.4. The largest absolute Gasteiger partial charge is 0.403 e. The van der Waals surface area contributed by atoms with Crippen LogP contribution >= 0.6 is 0 Å². The van der Waals surface area contributed by atoms with E-state index in [0.717, 1.165) is 16.7 Å². The quantitative estimate of drug-likeness (QED) is 0.800. The van der Waals surface area contributed by atoms with Crippen LogP contribution in [0.1, 0.15) is 28.5 Å². The van der Waals surface area contributed by atoms with Crippen LogP contribution in [0.25, 0.3) is 11.5 Å². The second kappa shape index (κ2) is 6.04. The van der Waals surface area contributed by atoms with Gasteiger partial charge in [0.25, 0.3) is 5.91 Å². The van der Waals surface area contributed by atoms with E-state index in [1.165, 1.54) is 0 Å². The lowest BCUT2D eigenvalue weighted by atomic mass is 10.1. The van der Waals surface area contributed by atoms with Gasteiger partial charge in [-0.3, -0.25) is 14.8 Å². The summed E-state index contributed by atoms with van der Waals surface area (Å²) < 4.78 is 7.13. The molecule has 2 heterocycles. The fraction of sp³-hybridized carbons (Fsp3) is 0.250. The maximum absolute atomic E-state index is 12.2.